The lowest BCUT2D eigenvalue weighted by atomic mass is 9.98. The third-order valence-corrected chi connectivity index (χ3v) is 3.44. The zero-order chi connectivity index (χ0) is 15.9. The molecule has 0 radical (unpaired) electrons. The van der Waals surface area contributed by atoms with Crippen molar-refractivity contribution in [2.75, 3.05) is 0 Å². The molecule has 0 saturated carbocycles. The summed E-state index contributed by atoms with van der Waals surface area (Å²) in [5.41, 5.74) is 4.76. The Morgan fingerprint density at radius 3 is 2.05 bits per heavy atom. The fourth-order valence-corrected chi connectivity index (χ4v) is 2.39. The molecule has 0 aliphatic rings. The molecular weight excluding hydrogens is 272 g/mol. The molecule has 2 rings (SSSR count). The molecule has 0 amide bonds. The standard InChI is InChI=1S/C20H22O2/c1-15(2)14-17-8-12-19(13-9-17)18-10-6-16(7-11-18)4-3-5-20(21)22/h3-4,6-13,15H,5,14H2,1-2H3,(H,21,22)/b4-3+. The molecule has 0 heterocycles. The molecule has 0 spiro atoms. The van der Waals surface area contributed by atoms with Gasteiger partial charge in [-0.25, -0.2) is 0 Å². The van der Waals surface area contributed by atoms with E-state index in [1.807, 2.05) is 18.2 Å². The van der Waals surface area contributed by atoms with E-state index in [2.05, 4.69) is 50.2 Å². The van der Waals surface area contributed by atoms with Crippen molar-refractivity contribution >= 4 is 12.0 Å². The molecule has 0 unspecified atom stereocenters. The van der Waals surface area contributed by atoms with Crippen LogP contribution in [0.25, 0.3) is 17.2 Å². The van der Waals surface area contributed by atoms with Gasteiger partial charge in [0.2, 0.25) is 0 Å². The highest BCUT2D eigenvalue weighted by molar-refractivity contribution is 5.71. The number of carboxylic acid groups (broad SMARTS) is 1. The van der Waals surface area contributed by atoms with Gasteiger partial charge >= 0.3 is 5.97 Å². The van der Waals surface area contributed by atoms with Crippen LogP contribution in [0.4, 0.5) is 0 Å². The van der Waals surface area contributed by atoms with E-state index in [1.165, 1.54) is 16.7 Å². The van der Waals surface area contributed by atoms with Crippen molar-refractivity contribution < 1.29 is 9.90 Å². The lowest BCUT2D eigenvalue weighted by Crippen LogP contribution is -1.93. The summed E-state index contributed by atoms with van der Waals surface area (Å²) in [6, 6.07) is 16.9. The lowest BCUT2D eigenvalue weighted by molar-refractivity contribution is -0.135. The molecule has 22 heavy (non-hydrogen) atoms. The predicted octanol–water partition coefficient (Wildman–Crippen LogP) is 5.04. The van der Waals surface area contributed by atoms with Crippen molar-refractivity contribution in [2.45, 2.75) is 26.7 Å². The minimum Gasteiger partial charge on any atom is -0.481 e. The van der Waals surface area contributed by atoms with E-state index >= 15 is 0 Å². The Morgan fingerprint density at radius 1 is 1.00 bits per heavy atom. The molecule has 2 heteroatoms. The van der Waals surface area contributed by atoms with Gasteiger partial charge in [0.05, 0.1) is 6.42 Å². The zero-order valence-electron chi connectivity index (χ0n) is 13.1. The van der Waals surface area contributed by atoms with Gasteiger partial charge in [-0.05, 0) is 34.6 Å². The third-order valence-electron chi connectivity index (χ3n) is 3.44. The molecule has 1 N–H and O–H groups in total. The number of carboxylic acids is 1. The highest BCUT2D eigenvalue weighted by Gasteiger charge is 2.00. The van der Waals surface area contributed by atoms with Gasteiger partial charge in [0, 0.05) is 0 Å². The van der Waals surface area contributed by atoms with Crippen LogP contribution in [-0.2, 0) is 11.2 Å². The summed E-state index contributed by atoms with van der Waals surface area (Å²) < 4.78 is 0. The molecular formula is C20H22O2. The third kappa shape index (κ3) is 4.88. The summed E-state index contributed by atoms with van der Waals surface area (Å²) in [5.74, 6) is -0.142. The van der Waals surface area contributed by atoms with Crippen LogP contribution in [0.2, 0.25) is 0 Å². The van der Waals surface area contributed by atoms with E-state index in [0.29, 0.717) is 5.92 Å². The molecule has 2 aromatic carbocycles. The van der Waals surface area contributed by atoms with Gasteiger partial charge in [-0.1, -0.05) is 74.5 Å². The monoisotopic (exact) mass is 294 g/mol. The number of benzene rings is 2. The van der Waals surface area contributed by atoms with E-state index in [-0.39, 0.29) is 6.42 Å². The Kier molecular flexibility index (Phi) is 5.54. The number of rotatable bonds is 6. The normalized spacial score (nSPS) is 11.2. The number of hydrogen-bond acceptors (Lipinski definition) is 1. The maximum atomic E-state index is 10.5. The van der Waals surface area contributed by atoms with Crippen LogP contribution >= 0.6 is 0 Å². The second-order valence-electron chi connectivity index (χ2n) is 5.92. The van der Waals surface area contributed by atoms with Gasteiger partial charge in [-0.3, -0.25) is 4.79 Å². The average molecular weight is 294 g/mol. The number of hydrogen-bond donors (Lipinski definition) is 1. The van der Waals surface area contributed by atoms with E-state index in [0.717, 1.165) is 12.0 Å². The summed E-state index contributed by atoms with van der Waals surface area (Å²) in [7, 11) is 0. The number of carbonyl (C=O) groups is 1. The Bertz CT molecular complexity index is 634. The molecule has 0 fully saturated rings. The van der Waals surface area contributed by atoms with Gasteiger partial charge in [-0.2, -0.15) is 0 Å². The van der Waals surface area contributed by atoms with Gasteiger partial charge in [0.15, 0.2) is 0 Å². The summed E-state index contributed by atoms with van der Waals surface area (Å²) in [4.78, 5) is 10.5. The SMILES string of the molecule is CC(C)Cc1ccc(-c2ccc(/C=C/CC(=O)O)cc2)cc1. The molecule has 0 aliphatic heterocycles. The van der Waals surface area contributed by atoms with Crippen molar-refractivity contribution in [3.05, 3.63) is 65.7 Å². The first-order valence-electron chi connectivity index (χ1n) is 7.62. The molecule has 2 aromatic rings. The van der Waals surface area contributed by atoms with Gasteiger partial charge in [-0.15, -0.1) is 0 Å². The number of aliphatic carboxylic acids is 1. The topological polar surface area (TPSA) is 37.3 Å². The van der Waals surface area contributed by atoms with Crippen molar-refractivity contribution in [3.8, 4) is 11.1 Å². The quantitative estimate of drug-likeness (QED) is 0.810. The van der Waals surface area contributed by atoms with Crippen LogP contribution in [0.15, 0.2) is 54.6 Å². The van der Waals surface area contributed by atoms with E-state index < -0.39 is 5.97 Å². The van der Waals surface area contributed by atoms with Crippen LogP contribution in [0.1, 0.15) is 31.4 Å². The minimum atomic E-state index is -0.811. The fraction of sp³-hybridized carbons (Fsp3) is 0.250. The Labute approximate surface area is 132 Å². The van der Waals surface area contributed by atoms with Gasteiger partial charge in [0.25, 0.3) is 0 Å². The first kappa shape index (κ1) is 16.0. The van der Waals surface area contributed by atoms with E-state index in [1.54, 1.807) is 6.08 Å². The first-order valence-corrected chi connectivity index (χ1v) is 7.62. The summed E-state index contributed by atoms with van der Waals surface area (Å²) >= 11 is 0. The maximum absolute atomic E-state index is 10.5. The van der Waals surface area contributed by atoms with Gasteiger partial charge in [0.1, 0.15) is 0 Å². The summed E-state index contributed by atoms with van der Waals surface area (Å²) in [6.45, 7) is 4.45. The molecule has 114 valence electrons. The largest absolute Gasteiger partial charge is 0.481 e. The van der Waals surface area contributed by atoms with Crippen LogP contribution in [0, 0.1) is 5.92 Å². The predicted molar refractivity (Wildman–Crippen MR) is 91.7 cm³/mol. The maximum Gasteiger partial charge on any atom is 0.307 e. The van der Waals surface area contributed by atoms with Crippen molar-refractivity contribution in [2.24, 2.45) is 5.92 Å². The fourth-order valence-electron chi connectivity index (χ4n) is 2.39. The van der Waals surface area contributed by atoms with E-state index in [9.17, 15) is 4.79 Å². The summed E-state index contributed by atoms with van der Waals surface area (Å²) in [5, 5.41) is 8.61. The molecule has 0 saturated heterocycles. The highest BCUT2D eigenvalue weighted by Crippen LogP contribution is 2.21. The Morgan fingerprint density at radius 2 is 1.55 bits per heavy atom. The van der Waals surface area contributed by atoms with E-state index in [4.69, 9.17) is 5.11 Å². The van der Waals surface area contributed by atoms with Crippen molar-refractivity contribution in [1.82, 2.24) is 0 Å². The second-order valence-corrected chi connectivity index (χ2v) is 5.92. The average Bonchev–Trinajstić information content (AvgIpc) is 2.48. The second kappa shape index (κ2) is 7.60. The Hall–Kier alpha value is -2.35. The Balaban J connectivity index is 2.06. The molecule has 2 nitrogen and oxygen atoms in total. The van der Waals surface area contributed by atoms with Crippen molar-refractivity contribution in [1.29, 1.82) is 0 Å². The molecule has 0 atom stereocenters. The van der Waals surface area contributed by atoms with Crippen LogP contribution < -0.4 is 0 Å². The van der Waals surface area contributed by atoms with Gasteiger partial charge < -0.3 is 5.11 Å². The zero-order valence-corrected chi connectivity index (χ0v) is 13.1. The smallest absolute Gasteiger partial charge is 0.307 e. The van der Waals surface area contributed by atoms with Crippen LogP contribution in [0.5, 0.6) is 0 Å². The molecule has 0 bridgehead atoms. The summed E-state index contributed by atoms with van der Waals surface area (Å²) in [6.07, 6.45) is 4.66. The van der Waals surface area contributed by atoms with Crippen molar-refractivity contribution in [3.63, 3.8) is 0 Å². The van der Waals surface area contributed by atoms with Crippen LogP contribution in [0.3, 0.4) is 0 Å². The van der Waals surface area contributed by atoms with Crippen LogP contribution in [-0.4, -0.2) is 11.1 Å². The molecule has 0 aliphatic carbocycles. The molecule has 0 aromatic heterocycles. The highest BCUT2D eigenvalue weighted by atomic mass is 16.4. The minimum absolute atomic E-state index is 0.0546. The first-order chi connectivity index (χ1) is 10.5. The lowest BCUT2D eigenvalue weighted by Gasteiger charge is -2.07.